The molecule has 0 saturated carbocycles. The fourth-order valence-corrected chi connectivity index (χ4v) is 2.25. The molecule has 1 N–H and O–H groups in total. The second-order valence-electron chi connectivity index (χ2n) is 2.89. The zero-order valence-corrected chi connectivity index (χ0v) is 9.52. The van der Waals surface area contributed by atoms with Gasteiger partial charge in [0.15, 0.2) is 0 Å². The minimum absolute atomic E-state index is 0.0376. The van der Waals surface area contributed by atoms with Crippen molar-refractivity contribution in [2.75, 3.05) is 5.32 Å². The molecule has 6 heteroatoms. The molecular formula is C9H8ClN3OS. The Labute approximate surface area is 95.3 Å². The normalized spacial score (nSPS) is 10.5. The third-order valence-corrected chi connectivity index (χ3v) is 3.28. The minimum Gasteiger partial charge on any atom is -0.324 e. The van der Waals surface area contributed by atoms with Crippen molar-refractivity contribution in [1.82, 2.24) is 9.97 Å². The molecule has 2 heterocycles. The van der Waals surface area contributed by atoms with Crippen LogP contribution in [0.5, 0.6) is 0 Å². The van der Waals surface area contributed by atoms with Gasteiger partial charge >= 0.3 is 0 Å². The summed E-state index contributed by atoms with van der Waals surface area (Å²) in [6, 6.07) is 0. The van der Waals surface area contributed by atoms with Crippen molar-refractivity contribution < 1.29 is 4.79 Å². The van der Waals surface area contributed by atoms with Gasteiger partial charge in [-0.1, -0.05) is 18.5 Å². The fraction of sp³-hybridized carbons (Fsp3) is 0.222. The Kier molecular flexibility index (Phi) is 2.83. The number of anilines is 1. The summed E-state index contributed by atoms with van der Waals surface area (Å²) in [5.41, 5.74) is 1.40. The van der Waals surface area contributed by atoms with Gasteiger partial charge in [-0.15, -0.1) is 11.3 Å². The first kappa shape index (κ1) is 10.3. The first-order valence-electron chi connectivity index (χ1n) is 4.40. The van der Waals surface area contributed by atoms with Crippen LogP contribution in [0.1, 0.15) is 13.3 Å². The number of hydrogen-bond acceptors (Lipinski definition) is 4. The molecular weight excluding hydrogens is 234 g/mol. The molecule has 0 saturated heterocycles. The van der Waals surface area contributed by atoms with E-state index in [0.29, 0.717) is 22.8 Å². The summed E-state index contributed by atoms with van der Waals surface area (Å²) in [4.78, 5) is 19.2. The molecule has 78 valence electrons. The summed E-state index contributed by atoms with van der Waals surface area (Å²) in [6.45, 7) is 1.80. The molecule has 15 heavy (non-hydrogen) atoms. The minimum atomic E-state index is -0.0376. The van der Waals surface area contributed by atoms with Crippen LogP contribution in [-0.2, 0) is 4.79 Å². The van der Waals surface area contributed by atoms with E-state index in [1.807, 2.05) is 5.38 Å². The van der Waals surface area contributed by atoms with Gasteiger partial charge in [-0.25, -0.2) is 9.97 Å². The number of carbonyl (C=O) groups is 1. The van der Waals surface area contributed by atoms with Crippen LogP contribution in [-0.4, -0.2) is 15.9 Å². The molecule has 1 amide bonds. The predicted octanol–water partition coefficient (Wildman–Crippen LogP) is 2.69. The van der Waals surface area contributed by atoms with Crippen molar-refractivity contribution in [3.8, 4) is 0 Å². The van der Waals surface area contributed by atoms with Gasteiger partial charge in [0.1, 0.15) is 17.0 Å². The topological polar surface area (TPSA) is 54.9 Å². The van der Waals surface area contributed by atoms with Gasteiger partial charge in [0.2, 0.25) is 5.91 Å². The lowest BCUT2D eigenvalue weighted by molar-refractivity contribution is -0.115. The molecule has 2 aromatic heterocycles. The van der Waals surface area contributed by atoms with Gasteiger partial charge in [-0.3, -0.25) is 4.79 Å². The highest BCUT2D eigenvalue weighted by Gasteiger charge is 2.10. The largest absolute Gasteiger partial charge is 0.324 e. The Balaban J connectivity index is 2.45. The Hall–Kier alpha value is -1.20. The maximum absolute atomic E-state index is 11.2. The number of nitrogens with one attached hydrogen (secondary N) is 1. The van der Waals surface area contributed by atoms with Crippen molar-refractivity contribution in [2.24, 2.45) is 0 Å². The molecule has 0 aliphatic carbocycles. The van der Waals surface area contributed by atoms with Crippen LogP contribution in [0, 0.1) is 0 Å². The average molecular weight is 242 g/mol. The number of thiophene rings is 1. The Morgan fingerprint density at radius 2 is 2.40 bits per heavy atom. The Morgan fingerprint density at radius 1 is 1.60 bits per heavy atom. The third kappa shape index (κ3) is 1.93. The number of fused-ring (bicyclic) bond motifs is 1. The van der Waals surface area contributed by atoms with E-state index < -0.39 is 0 Å². The SMILES string of the molecule is CCC(=O)Nc1csc2c(Cl)ncnc12. The fourth-order valence-electron chi connectivity index (χ4n) is 1.15. The smallest absolute Gasteiger partial charge is 0.224 e. The summed E-state index contributed by atoms with van der Waals surface area (Å²) < 4.78 is 0.797. The predicted molar refractivity (Wildman–Crippen MR) is 61.3 cm³/mol. The Morgan fingerprint density at radius 3 is 3.13 bits per heavy atom. The number of halogens is 1. The highest BCUT2D eigenvalue weighted by molar-refractivity contribution is 7.18. The van der Waals surface area contributed by atoms with Crippen LogP contribution in [0.2, 0.25) is 5.15 Å². The van der Waals surface area contributed by atoms with Gasteiger partial charge < -0.3 is 5.32 Å². The van der Waals surface area contributed by atoms with Crippen molar-refractivity contribution in [1.29, 1.82) is 0 Å². The van der Waals surface area contributed by atoms with Gasteiger partial charge in [0, 0.05) is 11.8 Å². The summed E-state index contributed by atoms with van der Waals surface area (Å²) in [5, 5.41) is 5.00. The molecule has 0 radical (unpaired) electrons. The summed E-state index contributed by atoms with van der Waals surface area (Å²) in [5.74, 6) is -0.0376. The number of amides is 1. The molecule has 0 fully saturated rings. The average Bonchev–Trinajstić information content (AvgIpc) is 2.63. The van der Waals surface area contributed by atoms with Gasteiger partial charge in [0.25, 0.3) is 0 Å². The number of rotatable bonds is 2. The summed E-state index contributed by atoms with van der Waals surface area (Å²) in [6.07, 6.45) is 1.83. The van der Waals surface area contributed by atoms with Gasteiger partial charge in [-0.05, 0) is 0 Å². The number of hydrogen-bond donors (Lipinski definition) is 1. The molecule has 0 bridgehead atoms. The zero-order valence-electron chi connectivity index (χ0n) is 7.95. The van der Waals surface area contributed by atoms with E-state index in [0.717, 1.165) is 4.70 Å². The van der Waals surface area contributed by atoms with E-state index >= 15 is 0 Å². The summed E-state index contributed by atoms with van der Waals surface area (Å²) >= 11 is 7.31. The standard InChI is InChI=1S/C9H8ClN3OS/c1-2-6(14)13-5-3-15-8-7(5)11-4-12-9(8)10/h3-4H,2H2,1H3,(H,13,14). The van der Waals surface area contributed by atoms with Crippen LogP contribution in [0.25, 0.3) is 10.2 Å². The number of carbonyl (C=O) groups excluding carboxylic acids is 1. The molecule has 2 aromatic rings. The van der Waals surface area contributed by atoms with E-state index in [1.54, 1.807) is 6.92 Å². The van der Waals surface area contributed by atoms with Gasteiger partial charge in [-0.2, -0.15) is 0 Å². The maximum atomic E-state index is 11.2. The third-order valence-electron chi connectivity index (χ3n) is 1.91. The summed E-state index contributed by atoms with van der Waals surface area (Å²) in [7, 11) is 0. The van der Waals surface area contributed by atoms with Crippen molar-refractivity contribution in [3.63, 3.8) is 0 Å². The molecule has 2 rings (SSSR count). The van der Waals surface area contributed by atoms with E-state index in [-0.39, 0.29) is 5.91 Å². The van der Waals surface area contributed by atoms with E-state index in [4.69, 9.17) is 11.6 Å². The molecule has 0 aliphatic rings. The van der Waals surface area contributed by atoms with Crippen LogP contribution < -0.4 is 5.32 Å². The monoisotopic (exact) mass is 241 g/mol. The number of nitrogens with zero attached hydrogens (tertiary/aromatic N) is 2. The lowest BCUT2D eigenvalue weighted by Crippen LogP contribution is -2.08. The first-order chi connectivity index (χ1) is 7.22. The second kappa shape index (κ2) is 4.12. The lowest BCUT2D eigenvalue weighted by Gasteiger charge is -2.00. The molecule has 0 spiro atoms. The number of aromatic nitrogens is 2. The molecule has 0 aromatic carbocycles. The van der Waals surface area contributed by atoms with Crippen LogP contribution in [0.15, 0.2) is 11.7 Å². The Bertz CT molecular complexity index is 511. The highest BCUT2D eigenvalue weighted by Crippen LogP contribution is 2.32. The van der Waals surface area contributed by atoms with Crippen molar-refractivity contribution in [3.05, 3.63) is 16.9 Å². The second-order valence-corrected chi connectivity index (χ2v) is 4.13. The molecule has 4 nitrogen and oxygen atoms in total. The van der Waals surface area contributed by atoms with E-state index in [1.165, 1.54) is 17.7 Å². The van der Waals surface area contributed by atoms with Crippen molar-refractivity contribution >= 4 is 44.7 Å². The zero-order chi connectivity index (χ0) is 10.8. The van der Waals surface area contributed by atoms with Gasteiger partial charge in [0.05, 0.1) is 10.4 Å². The quantitative estimate of drug-likeness (QED) is 0.823. The van der Waals surface area contributed by atoms with Crippen LogP contribution in [0.3, 0.4) is 0 Å². The van der Waals surface area contributed by atoms with E-state index in [2.05, 4.69) is 15.3 Å². The van der Waals surface area contributed by atoms with E-state index in [9.17, 15) is 4.79 Å². The van der Waals surface area contributed by atoms with Crippen LogP contribution >= 0.6 is 22.9 Å². The first-order valence-corrected chi connectivity index (χ1v) is 5.65. The highest BCUT2D eigenvalue weighted by atomic mass is 35.5. The lowest BCUT2D eigenvalue weighted by atomic mass is 10.4. The molecule has 0 atom stereocenters. The van der Waals surface area contributed by atoms with Crippen molar-refractivity contribution in [2.45, 2.75) is 13.3 Å². The molecule has 0 aliphatic heterocycles. The van der Waals surface area contributed by atoms with Crippen LogP contribution in [0.4, 0.5) is 5.69 Å². The molecule has 0 unspecified atom stereocenters. The maximum Gasteiger partial charge on any atom is 0.224 e.